The van der Waals surface area contributed by atoms with Crippen molar-refractivity contribution in [3.63, 3.8) is 0 Å². The number of hydrogen-bond acceptors (Lipinski definition) is 4. The Bertz CT molecular complexity index is 2770. The van der Waals surface area contributed by atoms with Crippen molar-refractivity contribution in [2.45, 2.75) is 0 Å². The van der Waals surface area contributed by atoms with Crippen LogP contribution >= 0.6 is 0 Å². The number of aromatic nitrogens is 3. The minimum absolute atomic E-state index is 0.603. The third-order valence-electron chi connectivity index (χ3n) is 11.2. The van der Waals surface area contributed by atoms with Crippen LogP contribution in [-0.4, -0.2) is 54.2 Å². The molecule has 0 atom stereocenters. The first-order valence-electron chi connectivity index (χ1n) is 18.5. The first-order chi connectivity index (χ1) is 26.4. The fourth-order valence-electron chi connectivity index (χ4n) is 7.83. The van der Waals surface area contributed by atoms with E-state index in [4.69, 9.17) is 19.4 Å². The number of nitrogens with zero attached hydrogens (tertiary/aromatic N) is 3. The lowest BCUT2D eigenvalue weighted by atomic mass is 9.59. The van der Waals surface area contributed by atoms with E-state index in [0.717, 1.165) is 49.8 Å². The van der Waals surface area contributed by atoms with Gasteiger partial charge in [0.1, 0.15) is 50.4 Å². The van der Waals surface area contributed by atoms with E-state index in [1.54, 1.807) is 0 Å². The number of hydrogen-bond donors (Lipinski definition) is 0. The van der Waals surface area contributed by atoms with Crippen molar-refractivity contribution < 1.29 is 4.42 Å². The van der Waals surface area contributed by atoms with Gasteiger partial charge in [0.15, 0.2) is 17.5 Å². The maximum atomic E-state index is 6.51. The van der Waals surface area contributed by atoms with Crippen molar-refractivity contribution in [1.29, 1.82) is 0 Å². The van der Waals surface area contributed by atoms with Crippen LogP contribution in [0.2, 0.25) is 0 Å². The maximum Gasteiger partial charge on any atom is 0.164 e. The summed E-state index contributed by atoms with van der Waals surface area (Å²) >= 11 is 0. The number of fused-ring (bicyclic) bond motifs is 3. The van der Waals surface area contributed by atoms with E-state index >= 15 is 0 Å². The highest BCUT2D eigenvalue weighted by atomic mass is 16.3. The summed E-state index contributed by atoms with van der Waals surface area (Å²) in [6.07, 6.45) is 0. The lowest BCUT2D eigenvalue weighted by Gasteiger charge is -2.20. The van der Waals surface area contributed by atoms with Gasteiger partial charge in [0, 0.05) is 27.5 Å². The molecule has 0 fully saturated rings. The molecule has 9 heteroatoms. The van der Waals surface area contributed by atoms with Gasteiger partial charge in [-0.25, -0.2) is 15.0 Å². The number of benzene rings is 7. The van der Waals surface area contributed by atoms with E-state index in [2.05, 4.69) is 106 Å². The SMILES string of the molecule is Bc1c(B)c(B)c(-c2ccc(-c3ccc(-c4cccc5oc6cccc(-c7nc(-c8ccccc8)nc(-c8ccccc8)n7)c6c45)cc3)cc2)c(B)c1B. The molecule has 0 unspecified atom stereocenters. The van der Waals surface area contributed by atoms with Crippen LogP contribution < -0.4 is 27.3 Å². The van der Waals surface area contributed by atoms with Crippen LogP contribution in [-0.2, 0) is 0 Å². The lowest BCUT2D eigenvalue weighted by molar-refractivity contribution is 0.669. The Hall–Kier alpha value is -6.33. The van der Waals surface area contributed by atoms with E-state index in [1.165, 1.54) is 49.6 Å². The van der Waals surface area contributed by atoms with Crippen LogP contribution in [0.1, 0.15) is 0 Å². The molecule has 2 heterocycles. The molecule has 250 valence electrons. The molecule has 0 saturated heterocycles. The molecule has 54 heavy (non-hydrogen) atoms. The lowest BCUT2D eigenvalue weighted by Crippen LogP contribution is -2.55. The Morgan fingerprint density at radius 1 is 0.315 bits per heavy atom. The summed E-state index contributed by atoms with van der Waals surface area (Å²) in [7, 11) is 11.2. The fourth-order valence-corrected chi connectivity index (χ4v) is 7.83. The van der Waals surface area contributed by atoms with E-state index in [0.29, 0.717) is 17.5 Å². The second kappa shape index (κ2) is 13.6. The van der Waals surface area contributed by atoms with E-state index in [9.17, 15) is 0 Å². The first kappa shape index (κ1) is 33.5. The predicted octanol–water partition coefficient (Wildman–Crippen LogP) is 3.07. The Labute approximate surface area is 319 Å². The summed E-state index contributed by atoms with van der Waals surface area (Å²) in [5.74, 6) is 1.86. The summed E-state index contributed by atoms with van der Waals surface area (Å²) in [4.78, 5) is 15.1. The van der Waals surface area contributed by atoms with Crippen molar-refractivity contribution >= 4 is 88.5 Å². The van der Waals surface area contributed by atoms with Gasteiger partial charge in [0.05, 0.1) is 0 Å². The largest absolute Gasteiger partial charge is 0.456 e. The van der Waals surface area contributed by atoms with Gasteiger partial charge in [-0.15, -0.1) is 16.4 Å². The molecule has 9 aromatic rings. The number of furan rings is 1. The predicted molar refractivity (Wildman–Crippen MR) is 241 cm³/mol. The zero-order chi connectivity index (χ0) is 36.9. The van der Waals surface area contributed by atoms with Gasteiger partial charge in [-0.2, -0.15) is 0 Å². The smallest absolute Gasteiger partial charge is 0.164 e. The summed E-state index contributed by atoms with van der Waals surface area (Å²) in [6.45, 7) is 0. The Balaban J connectivity index is 1.13. The van der Waals surface area contributed by atoms with E-state index in [1.807, 2.05) is 78.9 Å². The standard InChI is InChI=1S/C45H34B5N3O/c46-38-35(39(47)41(49)42(50)40(38)48)28-23-19-26(20-24-28)25-17-21-27(22-18-25)31-13-7-15-33-36(31)37-32(14-8-16-34(37)54-33)45-52-43(29-9-3-1-4-10-29)51-44(53-45)30-11-5-2-6-12-30/h1-24H,46-50H2. The maximum absolute atomic E-state index is 6.51. The summed E-state index contributed by atoms with van der Waals surface area (Å²) < 4.78 is 6.51. The summed E-state index contributed by atoms with van der Waals surface area (Å²) in [6, 6.07) is 50.4. The molecule has 0 aliphatic carbocycles. The van der Waals surface area contributed by atoms with Gasteiger partial charge in [0.2, 0.25) is 0 Å². The molecule has 0 saturated carbocycles. The van der Waals surface area contributed by atoms with Gasteiger partial charge in [-0.1, -0.05) is 144 Å². The minimum atomic E-state index is 0.603. The van der Waals surface area contributed by atoms with Crippen molar-refractivity contribution in [3.8, 4) is 67.5 Å². The summed E-state index contributed by atoms with van der Waals surface area (Å²) in [5, 5.41) is 2.02. The molecule has 0 spiro atoms. The molecule has 0 aliphatic rings. The molecule has 7 aromatic carbocycles. The van der Waals surface area contributed by atoms with E-state index in [-0.39, 0.29) is 0 Å². The molecular formula is C45H34B5N3O. The van der Waals surface area contributed by atoms with E-state index < -0.39 is 0 Å². The normalized spacial score (nSPS) is 11.3. The van der Waals surface area contributed by atoms with Gasteiger partial charge < -0.3 is 4.42 Å². The first-order valence-corrected chi connectivity index (χ1v) is 18.5. The molecule has 0 N–H and O–H groups in total. The van der Waals surface area contributed by atoms with Crippen molar-refractivity contribution in [3.05, 3.63) is 146 Å². The van der Waals surface area contributed by atoms with Gasteiger partial charge in [-0.05, 0) is 45.5 Å². The average molecular weight is 687 g/mol. The quantitative estimate of drug-likeness (QED) is 0.253. The fraction of sp³-hybridized carbons (Fsp3) is 0. The van der Waals surface area contributed by atoms with Gasteiger partial charge in [-0.3, -0.25) is 0 Å². The topological polar surface area (TPSA) is 51.8 Å². The van der Waals surface area contributed by atoms with Crippen LogP contribution in [0.4, 0.5) is 0 Å². The minimum Gasteiger partial charge on any atom is -0.456 e. The second-order valence-corrected chi connectivity index (χ2v) is 14.2. The molecule has 4 nitrogen and oxygen atoms in total. The molecule has 2 aromatic heterocycles. The Morgan fingerprint density at radius 3 is 1.24 bits per heavy atom. The van der Waals surface area contributed by atoms with Crippen molar-refractivity contribution in [2.24, 2.45) is 0 Å². The van der Waals surface area contributed by atoms with Gasteiger partial charge in [0.25, 0.3) is 0 Å². The molecule has 0 amide bonds. The highest BCUT2D eigenvalue weighted by Gasteiger charge is 2.20. The molecule has 0 bridgehead atoms. The van der Waals surface area contributed by atoms with Crippen molar-refractivity contribution in [1.82, 2.24) is 15.0 Å². The average Bonchev–Trinajstić information content (AvgIpc) is 3.62. The molecule has 9 rings (SSSR count). The van der Waals surface area contributed by atoms with Crippen LogP contribution in [0, 0.1) is 0 Å². The zero-order valence-corrected chi connectivity index (χ0v) is 31.1. The highest BCUT2D eigenvalue weighted by molar-refractivity contribution is 6.68. The molecule has 0 aliphatic heterocycles. The van der Waals surface area contributed by atoms with Crippen molar-refractivity contribution in [2.75, 3.05) is 0 Å². The zero-order valence-electron chi connectivity index (χ0n) is 31.1. The molecule has 0 radical (unpaired) electrons. The second-order valence-electron chi connectivity index (χ2n) is 14.2. The van der Waals surface area contributed by atoms with Crippen LogP contribution in [0.5, 0.6) is 0 Å². The Kier molecular flexibility index (Phi) is 8.43. The monoisotopic (exact) mass is 687 g/mol. The molecular weight excluding hydrogens is 653 g/mol. The highest BCUT2D eigenvalue weighted by Crippen LogP contribution is 2.41. The third kappa shape index (κ3) is 5.77. The number of rotatable bonds is 6. The summed E-state index contributed by atoms with van der Waals surface area (Å²) in [5.41, 5.74) is 18.4. The van der Waals surface area contributed by atoms with Gasteiger partial charge >= 0.3 is 0 Å². The third-order valence-corrected chi connectivity index (χ3v) is 11.2. The van der Waals surface area contributed by atoms with Crippen LogP contribution in [0.25, 0.3) is 89.5 Å². The Morgan fingerprint density at radius 2 is 0.722 bits per heavy atom. The van der Waals surface area contributed by atoms with Crippen LogP contribution in [0.3, 0.4) is 0 Å². The van der Waals surface area contributed by atoms with Crippen LogP contribution in [0.15, 0.2) is 150 Å².